The lowest BCUT2D eigenvalue weighted by molar-refractivity contribution is -0.312. The third kappa shape index (κ3) is 2.26. The van der Waals surface area contributed by atoms with Gasteiger partial charge in [0.1, 0.15) is 6.61 Å². The van der Waals surface area contributed by atoms with Gasteiger partial charge < -0.3 is 14.7 Å². The summed E-state index contributed by atoms with van der Waals surface area (Å²) in [5.41, 5.74) is -2.53. The Balaban J connectivity index is 2.68. The van der Waals surface area contributed by atoms with Crippen molar-refractivity contribution >= 4 is 11.9 Å². The molecule has 8 heteroatoms. The molecule has 1 aliphatic heterocycles. The maximum atomic E-state index is 12.6. The predicted molar refractivity (Wildman–Crippen MR) is 44.6 cm³/mol. The summed E-state index contributed by atoms with van der Waals surface area (Å²) in [7, 11) is 0. The Bertz CT molecular complexity index is 303. The average molecular weight is 241 g/mol. The molecule has 0 aromatic heterocycles. The highest BCUT2D eigenvalue weighted by Gasteiger charge is 2.64. The molecular weight excluding hydrogens is 231 g/mol. The second-order valence-electron chi connectivity index (χ2n) is 3.55. The van der Waals surface area contributed by atoms with Crippen LogP contribution >= 0.6 is 0 Å². The average Bonchev–Trinajstić information content (AvgIpc) is 1.97. The fourth-order valence-electron chi connectivity index (χ4n) is 1.35. The van der Waals surface area contributed by atoms with Crippen LogP contribution in [0.1, 0.15) is 6.92 Å². The minimum Gasteiger partial charge on any atom is -0.480 e. The van der Waals surface area contributed by atoms with Gasteiger partial charge in [-0.15, -0.1) is 0 Å². The predicted octanol–water partition coefficient (Wildman–Crippen LogP) is 0.251. The first kappa shape index (κ1) is 12.8. The van der Waals surface area contributed by atoms with Crippen molar-refractivity contribution in [1.29, 1.82) is 0 Å². The molecule has 0 aromatic rings. The zero-order valence-electron chi connectivity index (χ0n) is 8.37. The number of aliphatic carboxylic acids is 1. The molecule has 0 aliphatic carbocycles. The van der Waals surface area contributed by atoms with Crippen molar-refractivity contribution in [3.05, 3.63) is 0 Å². The van der Waals surface area contributed by atoms with Crippen molar-refractivity contribution in [2.75, 3.05) is 19.7 Å². The molecule has 1 aliphatic rings. The van der Waals surface area contributed by atoms with Gasteiger partial charge in [-0.2, -0.15) is 13.2 Å². The lowest BCUT2D eigenvalue weighted by Crippen LogP contribution is -2.71. The summed E-state index contributed by atoms with van der Waals surface area (Å²) < 4.78 is 42.1. The molecule has 0 bridgehead atoms. The Morgan fingerprint density at radius 3 is 2.25 bits per heavy atom. The molecule has 0 atom stereocenters. The SMILES string of the molecule is CC(=O)N1CC(OCC(=O)O)(C(F)(F)F)C1. The first-order valence-corrected chi connectivity index (χ1v) is 4.36. The summed E-state index contributed by atoms with van der Waals surface area (Å²) in [6.45, 7) is -1.21. The van der Waals surface area contributed by atoms with Crippen LogP contribution < -0.4 is 0 Å². The van der Waals surface area contributed by atoms with E-state index in [0.717, 1.165) is 11.8 Å². The number of nitrogens with zero attached hydrogens (tertiary/aromatic N) is 1. The molecule has 1 heterocycles. The fourth-order valence-corrected chi connectivity index (χ4v) is 1.35. The number of halogens is 3. The van der Waals surface area contributed by atoms with Crippen LogP contribution in [0.5, 0.6) is 0 Å². The first-order valence-electron chi connectivity index (χ1n) is 4.36. The van der Waals surface area contributed by atoms with Gasteiger partial charge in [0.2, 0.25) is 5.91 Å². The molecule has 0 unspecified atom stereocenters. The third-order valence-electron chi connectivity index (χ3n) is 2.33. The van der Waals surface area contributed by atoms with Gasteiger partial charge in [0.25, 0.3) is 0 Å². The van der Waals surface area contributed by atoms with Crippen LogP contribution in [0.4, 0.5) is 13.2 Å². The van der Waals surface area contributed by atoms with E-state index in [9.17, 15) is 22.8 Å². The van der Waals surface area contributed by atoms with Crippen molar-refractivity contribution in [3.8, 4) is 0 Å². The highest BCUT2D eigenvalue weighted by atomic mass is 19.4. The number of carbonyl (C=O) groups is 2. The Morgan fingerprint density at radius 2 is 1.94 bits per heavy atom. The number of hydrogen-bond donors (Lipinski definition) is 1. The Kier molecular flexibility index (Phi) is 3.13. The van der Waals surface area contributed by atoms with Crippen molar-refractivity contribution < 1.29 is 32.6 Å². The Morgan fingerprint density at radius 1 is 1.44 bits per heavy atom. The maximum absolute atomic E-state index is 12.6. The monoisotopic (exact) mass is 241 g/mol. The normalized spacial score (nSPS) is 19.1. The molecule has 1 N–H and O–H groups in total. The van der Waals surface area contributed by atoms with Gasteiger partial charge in [-0.1, -0.05) is 0 Å². The molecule has 1 fully saturated rings. The van der Waals surface area contributed by atoms with E-state index < -0.39 is 43.4 Å². The van der Waals surface area contributed by atoms with Crippen LogP contribution in [-0.2, 0) is 14.3 Å². The smallest absolute Gasteiger partial charge is 0.420 e. The van der Waals surface area contributed by atoms with Gasteiger partial charge in [-0.25, -0.2) is 4.79 Å². The number of carbonyl (C=O) groups excluding carboxylic acids is 1. The topological polar surface area (TPSA) is 66.8 Å². The molecule has 5 nitrogen and oxygen atoms in total. The number of amides is 1. The molecule has 92 valence electrons. The first-order chi connectivity index (χ1) is 7.18. The van der Waals surface area contributed by atoms with Gasteiger partial charge in [0.05, 0.1) is 13.1 Å². The molecular formula is C8H10F3NO4. The number of hydrogen-bond acceptors (Lipinski definition) is 3. The summed E-state index contributed by atoms with van der Waals surface area (Å²) in [5.74, 6) is -1.98. The van der Waals surface area contributed by atoms with E-state index in [2.05, 4.69) is 4.74 Å². The number of likely N-dealkylation sites (tertiary alicyclic amines) is 1. The number of alkyl halides is 3. The highest BCUT2D eigenvalue weighted by Crippen LogP contribution is 2.40. The zero-order chi connectivity index (χ0) is 12.6. The van der Waals surface area contributed by atoms with Crippen molar-refractivity contribution in [1.82, 2.24) is 4.90 Å². The standard InChI is InChI=1S/C8H10F3NO4/c1-5(13)12-3-7(4-12,8(9,10)11)16-2-6(14)15/h2-4H2,1H3,(H,14,15). The van der Waals surface area contributed by atoms with Crippen LogP contribution in [-0.4, -0.2) is 53.4 Å². The van der Waals surface area contributed by atoms with E-state index in [1.54, 1.807) is 0 Å². The van der Waals surface area contributed by atoms with E-state index in [1.807, 2.05) is 0 Å². The van der Waals surface area contributed by atoms with Crippen LogP contribution in [0.15, 0.2) is 0 Å². The summed E-state index contributed by atoms with van der Waals surface area (Å²) in [6, 6.07) is 0. The van der Waals surface area contributed by atoms with Crippen LogP contribution in [0.3, 0.4) is 0 Å². The molecule has 0 radical (unpaired) electrons. The third-order valence-corrected chi connectivity index (χ3v) is 2.33. The summed E-state index contributed by atoms with van der Waals surface area (Å²) >= 11 is 0. The number of carboxylic acids is 1. The van der Waals surface area contributed by atoms with Crippen LogP contribution in [0, 0.1) is 0 Å². The fraction of sp³-hybridized carbons (Fsp3) is 0.750. The Labute approximate surface area is 88.8 Å². The molecule has 0 spiro atoms. The van der Waals surface area contributed by atoms with E-state index in [4.69, 9.17) is 5.11 Å². The second-order valence-corrected chi connectivity index (χ2v) is 3.55. The minimum atomic E-state index is -4.69. The summed E-state index contributed by atoms with van der Waals surface area (Å²) in [4.78, 5) is 21.9. The summed E-state index contributed by atoms with van der Waals surface area (Å²) in [6.07, 6.45) is -4.69. The molecule has 1 saturated heterocycles. The van der Waals surface area contributed by atoms with Crippen molar-refractivity contribution in [2.45, 2.75) is 18.7 Å². The van der Waals surface area contributed by atoms with Gasteiger partial charge in [-0.3, -0.25) is 4.79 Å². The van der Waals surface area contributed by atoms with E-state index >= 15 is 0 Å². The number of rotatable bonds is 3. The largest absolute Gasteiger partial charge is 0.480 e. The highest BCUT2D eigenvalue weighted by molar-refractivity contribution is 5.74. The number of carboxylic acid groups (broad SMARTS) is 1. The minimum absolute atomic E-state index is 0.501. The van der Waals surface area contributed by atoms with Gasteiger partial charge in [0.15, 0.2) is 5.60 Å². The van der Waals surface area contributed by atoms with Crippen molar-refractivity contribution in [2.24, 2.45) is 0 Å². The second kappa shape index (κ2) is 3.93. The molecule has 1 rings (SSSR count). The van der Waals surface area contributed by atoms with E-state index in [1.165, 1.54) is 0 Å². The number of ether oxygens (including phenoxy) is 1. The molecule has 0 saturated carbocycles. The van der Waals surface area contributed by atoms with Crippen LogP contribution in [0.2, 0.25) is 0 Å². The molecule has 0 aromatic carbocycles. The molecule has 16 heavy (non-hydrogen) atoms. The van der Waals surface area contributed by atoms with Crippen molar-refractivity contribution in [3.63, 3.8) is 0 Å². The summed E-state index contributed by atoms with van der Waals surface area (Å²) in [5, 5.41) is 8.26. The lowest BCUT2D eigenvalue weighted by Gasteiger charge is -2.49. The van der Waals surface area contributed by atoms with E-state index in [0.29, 0.717) is 0 Å². The lowest BCUT2D eigenvalue weighted by atomic mass is 9.93. The maximum Gasteiger partial charge on any atom is 0.420 e. The van der Waals surface area contributed by atoms with Crippen LogP contribution in [0.25, 0.3) is 0 Å². The zero-order valence-corrected chi connectivity index (χ0v) is 8.37. The Hall–Kier alpha value is -1.31. The molecule has 1 amide bonds. The quantitative estimate of drug-likeness (QED) is 0.769. The van der Waals surface area contributed by atoms with E-state index in [-0.39, 0.29) is 0 Å². The van der Waals surface area contributed by atoms with Gasteiger partial charge in [-0.05, 0) is 0 Å². The van der Waals surface area contributed by atoms with Gasteiger partial charge in [0, 0.05) is 6.92 Å². The van der Waals surface area contributed by atoms with Gasteiger partial charge >= 0.3 is 12.1 Å².